The molecule has 1 aliphatic heterocycles. The summed E-state index contributed by atoms with van der Waals surface area (Å²) in [5.41, 5.74) is 2.10. The van der Waals surface area contributed by atoms with E-state index in [9.17, 15) is 19.5 Å². The number of carbonyl (C=O) groups is 2. The summed E-state index contributed by atoms with van der Waals surface area (Å²) in [6.07, 6.45) is 6.08. The highest BCUT2D eigenvalue weighted by Crippen LogP contribution is 2.29. The second kappa shape index (κ2) is 13.2. The average Bonchev–Trinajstić information content (AvgIpc) is 3.71. The van der Waals surface area contributed by atoms with Crippen LogP contribution in [0.4, 0.5) is 5.82 Å². The first kappa shape index (κ1) is 30.4. The number of aryl methyl sites for hydroxylation is 1. The first-order valence-corrected chi connectivity index (χ1v) is 15.9. The van der Waals surface area contributed by atoms with Gasteiger partial charge in [0.15, 0.2) is 0 Å². The number of carbonyl (C=O) groups excluding carboxylic acids is 1. The topological polar surface area (TPSA) is 109 Å². The number of halogens is 1. The van der Waals surface area contributed by atoms with Crippen LogP contribution in [-0.4, -0.2) is 49.6 Å². The lowest BCUT2D eigenvalue weighted by molar-refractivity contribution is -0.141. The molecular weight excluding hydrogens is 590 g/mol. The summed E-state index contributed by atoms with van der Waals surface area (Å²) in [6.45, 7) is 3.31. The number of carboxylic acid groups (broad SMARTS) is 1. The van der Waals surface area contributed by atoms with Crippen LogP contribution in [0.3, 0.4) is 0 Å². The fraction of sp³-hybridized carbons (Fsp3) is 0.314. The summed E-state index contributed by atoms with van der Waals surface area (Å²) in [4.78, 5) is 46.5. The molecule has 6 rings (SSSR count). The van der Waals surface area contributed by atoms with Gasteiger partial charge in [0, 0.05) is 42.4 Å². The molecule has 2 atom stereocenters. The molecule has 232 valence electrons. The minimum Gasteiger partial charge on any atom is -0.480 e. The smallest absolute Gasteiger partial charge is 0.326 e. The first-order valence-electron chi connectivity index (χ1n) is 15.5. The number of hydrogen-bond acceptors (Lipinski definition) is 5. The summed E-state index contributed by atoms with van der Waals surface area (Å²) in [7, 11) is 0. The average molecular weight is 626 g/mol. The summed E-state index contributed by atoms with van der Waals surface area (Å²) in [6, 6.07) is 20.8. The van der Waals surface area contributed by atoms with Crippen molar-refractivity contribution in [2.24, 2.45) is 0 Å². The zero-order valence-corrected chi connectivity index (χ0v) is 25.9. The van der Waals surface area contributed by atoms with E-state index in [2.05, 4.69) is 12.2 Å². The number of aromatic nitrogens is 3. The molecule has 1 saturated heterocycles. The standard InChI is InChI=1S/C35H36ClN5O4/c1-2-3-6-18-40-31(21-32(42)41-22-29(38-35(40)41)24-14-16-26(36)17-15-24)39-19-8-13-30(39)33(43)37-28(34(44)45)20-25-11-7-10-23-9-4-5-12-27(23)25/h4-5,7,9-12,14-17,21-22,28,30H,2-3,6,8,13,18-20H2,1H3,(H,37,43)(H,44,45)/t28-,30-/m0/s1. The quantitative estimate of drug-likeness (QED) is 0.176. The molecule has 9 nitrogen and oxygen atoms in total. The minimum absolute atomic E-state index is 0.157. The third kappa shape index (κ3) is 6.31. The molecule has 0 aliphatic carbocycles. The number of nitrogens with zero attached hydrogens (tertiary/aromatic N) is 4. The van der Waals surface area contributed by atoms with Crippen LogP contribution in [0.5, 0.6) is 0 Å². The zero-order valence-electron chi connectivity index (χ0n) is 25.2. The largest absolute Gasteiger partial charge is 0.480 e. The van der Waals surface area contributed by atoms with E-state index in [0.29, 0.717) is 41.8 Å². The van der Waals surface area contributed by atoms with Crippen molar-refractivity contribution >= 4 is 45.8 Å². The second-order valence-corrected chi connectivity index (χ2v) is 12.0. The van der Waals surface area contributed by atoms with Gasteiger partial charge < -0.3 is 15.3 Å². The highest BCUT2D eigenvalue weighted by molar-refractivity contribution is 6.30. The van der Waals surface area contributed by atoms with Crippen molar-refractivity contribution in [2.45, 2.75) is 64.1 Å². The number of fused-ring (bicyclic) bond motifs is 2. The summed E-state index contributed by atoms with van der Waals surface area (Å²) >= 11 is 6.09. The number of aliphatic carboxylic acids is 1. The van der Waals surface area contributed by atoms with Crippen LogP contribution in [0.15, 0.2) is 83.8 Å². The number of amides is 1. The fourth-order valence-electron chi connectivity index (χ4n) is 6.29. The Balaban J connectivity index is 1.32. The van der Waals surface area contributed by atoms with Gasteiger partial charge in [-0.1, -0.05) is 86.0 Å². The number of imidazole rings is 1. The number of hydrogen-bond donors (Lipinski definition) is 2. The molecule has 10 heteroatoms. The molecule has 0 saturated carbocycles. The Hall–Kier alpha value is -4.63. The normalized spacial score (nSPS) is 15.5. The molecule has 3 aromatic carbocycles. The molecule has 2 N–H and O–H groups in total. The number of anilines is 1. The predicted octanol–water partition coefficient (Wildman–Crippen LogP) is 5.94. The van der Waals surface area contributed by atoms with E-state index in [0.717, 1.165) is 47.6 Å². The van der Waals surface area contributed by atoms with Crippen molar-refractivity contribution in [1.82, 2.24) is 19.3 Å². The van der Waals surface area contributed by atoms with Gasteiger partial charge in [0.25, 0.3) is 5.56 Å². The van der Waals surface area contributed by atoms with Gasteiger partial charge in [-0.25, -0.2) is 9.78 Å². The highest BCUT2D eigenvalue weighted by Gasteiger charge is 2.35. The van der Waals surface area contributed by atoms with Crippen LogP contribution in [0.2, 0.25) is 5.02 Å². The monoisotopic (exact) mass is 625 g/mol. The maximum Gasteiger partial charge on any atom is 0.326 e. The summed E-state index contributed by atoms with van der Waals surface area (Å²) in [5.74, 6) is -0.331. The third-order valence-corrected chi connectivity index (χ3v) is 8.84. The Morgan fingerprint density at radius 2 is 1.84 bits per heavy atom. The maximum absolute atomic E-state index is 13.8. The Morgan fingerprint density at radius 3 is 2.62 bits per heavy atom. The van der Waals surface area contributed by atoms with Gasteiger partial charge >= 0.3 is 5.97 Å². The van der Waals surface area contributed by atoms with Gasteiger partial charge in [-0.05, 0) is 47.7 Å². The van der Waals surface area contributed by atoms with Gasteiger partial charge in [-0.15, -0.1) is 0 Å². The van der Waals surface area contributed by atoms with E-state index in [4.69, 9.17) is 16.6 Å². The van der Waals surface area contributed by atoms with E-state index in [1.807, 2.05) is 64.1 Å². The van der Waals surface area contributed by atoms with Crippen LogP contribution >= 0.6 is 11.6 Å². The Kier molecular flexibility index (Phi) is 8.89. The summed E-state index contributed by atoms with van der Waals surface area (Å²) < 4.78 is 3.57. The Labute approximate surface area is 266 Å². The highest BCUT2D eigenvalue weighted by atomic mass is 35.5. The number of benzene rings is 3. The molecule has 1 aliphatic rings. The van der Waals surface area contributed by atoms with Gasteiger partial charge in [-0.2, -0.15) is 0 Å². The van der Waals surface area contributed by atoms with Crippen LogP contribution in [0, 0.1) is 0 Å². The van der Waals surface area contributed by atoms with Crippen LogP contribution in [-0.2, 0) is 22.6 Å². The van der Waals surface area contributed by atoms with Gasteiger partial charge in [0.05, 0.1) is 5.69 Å². The van der Waals surface area contributed by atoms with E-state index in [-0.39, 0.29) is 17.9 Å². The van der Waals surface area contributed by atoms with E-state index in [1.165, 1.54) is 0 Å². The van der Waals surface area contributed by atoms with Crippen molar-refractivity contribution in [3.05, 3.63) is 99.9 Å². The van der Waals surface area contributed by atoms with Crippen molar-refractivity contribution in [3.63, 3.8) is 0 Å². The lowest BCUT2D eigenvalue weighted by Gasteiger charge is -2.30. The number of nitrogens with one attached hydrogen (secondary N) is 1. The lowest BCUT2D eigenvalue weighted by atomic mass is 9.98. The van der Waals surface area contributed by atoms with E-state index in [1.54, 1.807) is 28.8 Å². The van der Waals surface area contributed by atoms with Gasteiger partial charge in [0.1, 0.15) is 17.9 Å². The Bertz CT molecular complexity index is 1910. The van der Waals surface area contributed by atoms with Crippen molar-refractivity contribution < 1.29 is 14.7 Å². The van der Waals surface area contributed by atoms with Crippen molar-refractivity contribution in [2.75, 3.05) is 11.4 Å². The molecule has 0 unspecified atom stereocenters. The van der Waals surface area contributed by atoms with E-state index < -0.39 is 18.1 Å². The van der Waals surface area contributed by atoms with Crippen LogP contribution in [0.1, 0.15) is 44.6 Å². The fourth-order valence-corrected chi connectivity index (χ4v) is 6.41. The molecule has 3 heterocycles. The number of rotatable bonds is 11. The SMILES string of the molecule is CCCCCn1c(N2CCC[C@H]2C(=O)N[C@@H](Cc2cccc3ccccc23)C(=O)O)cc(=O)n2cc(-c3ccc(Cl)cc3)nc12. The van der Waals surface area contributed by atoms with E-state index >= 15 is 0 Å². The maximum atomic E-state index is 13.8. The number of unbranched alkanes of at least 4 members (excludes halogenated alkanes) is 2. The molecular formula is C35H36ClN5O4. The second-order valence-electron chi connectivity index (χ2n) is 11.6. The Morgan fingerprint density at radius 1 is 1.07 bits per heavy atom. The number of carboxylic acids is 1. The van der Waals surface area contributed by atoms with Gasteiger partial charge in [0.2, 0.25) is 11.7 Å². The minimum atomic E-state index is -1.10. The molecule has 1 amide bonds. The molecule has 0 radical (unpaired) electrons. The molecule has 5 aromatic rings. The van der Waals surface area contributed by atoms with Crippen LogP contribution in [0.25, 0.3) is 27.8 Å². The molecule has 0 spiro atoms. The van der Waals surface area contributed by atoms with Crippen molar-refractivity contribution in [1.29, 1.82) is 0 Å². The molecule has 1 fully saturated rings. The third-order valence-electron chi connectivity index (χ3n) is 8.59. The van der Waals surface area contributed by atoms with Crippen molar-refractivity contribution in [3.8, 4) is 11.3 Å². The molecule has 0 bridgehead atoms. The molecule has 45 heavy (non-hydrogen) atoms. The van der Waals surface area contributed by atoms with Crippen LogP contribution < -0.4 is 15.8 Å². The molecule has 2 aromatic heterocycles. The summed E-state index contributed by atoms with van der Waals surface area (Å²) in [5, 5.41) is 15.5. The lowest BCUT2D eigenvalue weighted by Crippen LogP contribution is -2.51. The first-order chi connectivity index (χ1) is 21.8. The van der Waals surface area contributed by atoms with Gasteiger partial charge in [-0.3, -0.25) is 18.6 Å². The zero-order chi connectivity index (χ0) is 31.5. The predicted molar refractivity (Wildman–Crippen MR) is 177 cm³/mol.